The van der Waals surface area contributed by atoms with Gasteiger partial charge in [0.15, 0.2) is 0 Å². The molecule has 0 saturated carbocycles. The number of methoxy groups -OCH3 is 2. The minimum atomic E-state index is -0.851. The van der Waals surface area contributed by atoms with Gasteiger partial charge in [0.1, 0.15) is 11.9 Å². The summed E-state index contributed by atoms with van der Waals surface area (Å²) in [5, 5.41) is 0. The van der Waals surface area contributed by atoms with Crippen molar-refractivity contribution in [1.82, 2.24) is 0 Å². The third kappa shape index (κ3) is 6.39. The van der Waals surface area contributed by atoms with Gasteiger partial charge in [-0.15, -0.1) is 0 Å². The Hall–Kier alpha value is -1.24. The number of carbonyl (C=O) groups is 2. The Bertz CT molecular complexity index is 654. The molecule has 6 heteroatoms. The highest BCUT2D eigenvalue weighted by molar-refractivity contribution is 5.88. The fourth-order valence-corrected chi connectivity index (χ4v) is 4.98. The molecule has 6 nitrogen and oxygen atoms in total. The molecule has 0 aliphatic carbocycles. The number of epoxide rings is 1. The molecule has 2 fully saturated rings. The van der Waals surface area contributed by atoms with Crippen molar-refractivity contribution in [3.63, 3.8) is 0 Å². The summed E-state index contributed by atoms with van der Waals surface area (Å²) in [6.07, 6.45) is 4.91. The average molecular weight is 439 g/mol. The molecule has 31 heavy (non-hydrogen) atoms. The Morgan fingerprint density at radius 3 is 2.35 bits per heavy atom. The lowest BCUT2D eigenvalue weighted by Gasteiger charge is -2.37. The molecule has 0 aromatic rings. The lowest BCUT2D eigenvalue weighted by molar-refractivity contribution is -0.156. The molecule has 0 N–H and O–H groups in total. The highest BCUT2D eigenvalue weighted by atomic mass is 16.6. The van der Waals surface area contributed by atoms with E-state index in [9.17, 15) is 9.59 Å². The Morgan fingerprint density at radius 1 is 1.10 bits per heavy atom. The van der Waals surface area contributed by atoms with Gasteiger partial charge in [0.05, 0.1) is 36.3 Å². The quantitative estimate of drug-likeness (QED) is 0.367. The summed E-state index contributed by atoms with van der Waals surface area (Å²) < 4.78 is 23.1. The number of carbonyl (C=O) groups excluding carboxylic acids is 2. The Labute approximate surface area is 188 Å². The fraction of sp³-hybridized carbons (Fsp3) is 0.840. The second-order valence-corrected chi connectivity index (χ2v) is 9.87. The van der Waals surface area contributed by atoms with Crippen molar-refractivity contribution >= 4 is 11.8 Å². The summed E-state index contributed by atoms with van der Waals surface area (Å²) in [7, 11) is 3.22. The van der Waals surface area contributed by atoms with E-state index >= 15 is 0 Å². The first-order valence-electron chi connectivity index (χ1n) is 11.6. The Morgan fingerprint density at radius 2 is 1.77 bits per heavy atom. The highest BCUT2D eigenvalue weighted by Gasteiger charge is 2.45. The fourth-order valence-electron chi connectivity index (χ4n) is 4.98. The molecular formula is C25H42O6. The molecule has 0 aromatic heterocycles. The first-order valence-corrected chi connectivity index (χ1v) is 11.6. The summed E-state index contributed by atoms with van der Waals surface area (Å²) >= 11 is 0. The monoisotopic (exact) mass is 438 g/mol. The van der Waals surface area contributed by atoms with Crippen molar-refractivity contribution in [2.45, 2.75) is 104 Å². The summed E-state index contributed by atoms with van der Waals surface area (Å²) in [6, 6.07) is 0. The number of hydrogen-bond donors (Lipinski definition) is 0. The number of cyclic esters (lactones) is 1. The van der Waals surface area contributed by atoms with E-state index in [2.05, 4.69) is 6.92 Å². The molecule has 0 bridgehead atoms. The van der Waals surface area contributed by atoms with Crippen LogP contribution in [0.4, 0.5) is 0 Å². The van der Waals surface area contributed by atoms with Crippen LogP contribution >= 0.6 is 0 Å². The minimum absolute atomic E-state index is 0.0254. The van der Waals surface area contributed by atoms with E-state index in [0.29, 0.717) is 6.42 Å². The molecule has 7 unspecified atom stereocenters. The van der Waals surface area contributed by atoms with Gasteiger partial charge in [-0.25, -0.2) is 0 Å². The van der Waals surface area contributed by atoms with Gasteiger partial charge in [0.2, 0.25) is 0 Å². The first-order chi connectivity index (χ1) is 14.6. The molecule has 2 aliphatic heterocycles. The molecule has 2 heterocycles. The van der Waals surface area contributed by atoms with Gasteiger partial charge in [-0.05, 0) is 38.2 Å². The van der Waals surface area contributed by atoms with Crippen LogP contribution in [0.25, 0.3) is 0 Å². The zero-order valence-electron chi connectivity index (χ0n) is 20.6. The number of allylic oxidation sites excluding steroid dienone is 1. The molecule has 0 spiro atoms. The van der Waals surface area contributed by atoms with Crippen LogP contribution in [-0.4, -0.2) is 56.5 Å². The maximum atomic E-state index is 13.5. The van der Waals surface area contributed by atoms with Gasteiger partial charge < -0.3 is 18.9 Å². The SMILES string of the molecule is C/C=C(\C)C1CC2OC2CCCC(C)C(OC)C(C)C(=O)C(C)(C)C(OC)CC(=O)O1. The van der Waals surface area contributed by atoms with E-state index in [-0.39, 0.29) is 54.4 Å². The molecular weight excluding hydrogens is 396 g/mol. The van der Waals surface area contributed by atoms with Crippen LogP contribution < -0.4 is 0 Å². The van der Waals surface area contributed by atoms with Crippen molar-refractivity contribution in [3.05, 3.63) is 11.6 Å². The normalized spacial score (nSPS) is 38.3. The predicted octanol–water partition coefficient (Wildman–Crippen LogP) is 4.49. The standard InChI is InChI=1S/C25H42O6/c1-9-15(2)19-13-20-18(30-20)12-10-11-16(3)23(29-8)17(4)24(27)25(5,6)21(28-7)14-22(26)31-19/h9,16-21,23H,10-14H2,1-8H3/b15-9+. The van der Waals surface area contributed by atoms with Crippen LogP contribution in [0.5, 0.6) is 0 Å². The molecule has 0 aromatic carbocycles. The lowest BCUT2D eigenvalue weighted by atomic mass is 9.72. The summed E-state index contributed by atoms with van der Waals surface area (Å²) in [5.74, 6) is -0.370. The van der Waals surface area contributed by atoms with Crippen LogP contribution in [0.3, 0.4) is 0 Å². The van der Waals surface area contributed by atoms with Crippen molar-refractivity contribution in [1.29, 1.82) is 0 Å². The van der Waals surface area contributed by atoms with E-state index in [1.807, 2.05) is 40.7 Å². The van der Waals surface area contributed by atoms with Crippen molar-refractivity contribution in [3.8, 4) is 0 Å². The van der Waals surface area contributed by atoms with Crippen LogP contribution in [0, 0.1) is 17.3 Å². The zero-order valence-corrected chi connectivity index (χ0v) is 20.6. The highest BCUT2D eigenvalue weighted by Crippen LogP contribution is 2.37. The number of rotatable bonds is 3. The van der Waals surface area contributed by atoms with Crippen LogP contribution in [0.1, 0.15) is 73.6 Å². The van der Waals surface area contributed by atoms with Gasteiger partial charge in [0, 0.05) is 26.6 Å². The summed E-state index contributed by atoms with van der Waals surface area (Å²) in [5.41, 5.74) is 0.162. The summed E-state index contributed by atoms with van der Waals surface area (Å²) in [6.45, 7) is 11.7. The number of ether oxygens (including phenoxy) is 4. The molecule has 2 rings (SSSR count). The minimum Gasteiger partial charge on any atom is -0.458 e. The number of ketones is 1. The van der Waals surface area contributed by atoms with Crippen molar-refractivity contribution < 1.29 is 28.5 Å². The topological polar surface area (TPSA) is 74.4 Å². The molecule has 2 saturated heterocycles. The molecule has 0 radical (unpaired) electrons. The van der Waals surface area contributed by atoms with Crippen molar-refractivity contribution in [2.75, 3.05) is 14.2 Å². The van der Waals surface area contributed by atoms with Crippen molar-refractivity contribution in [2.24, 2.45) is 17.3 Å². The van der Waals surface area contributed by atoms with Gasteiger partial charge in [-0.2, -0.15) is 0 Å². The average Bonchev–Trinajstić information content (AvgIpc) is 3.47. The molecule has 0 amide bonds. The van der Waals surface area contributed by atoms with Gasteiger partial charge in [-0.1, -0.05) is 40.2 Å². The van der Waals surface area contributed by atoms with E-state index in [1.54, 1.807) is 14.2 Å². The second kappa shape index (κ2) is 11.1. The number of Topliss-reactive ketones (excluding diaryl/α,β-unsaturated/α-hetero) is 1. The lowest BCUT2D eigenvalue weighted by Crippen LogP contribution is -2.47. The Balaban J connectivity index is 2.29. The van der Waals surface area contributed by atoms with Gasteiger partial charge in [0.25, 0.3) is 0 Å². The van der Waals surface area contributed by atoms with Gasteiger partial charge >= 0.3 is 5.97 Å². The third-order valence-corrected chi connectivity index (χ3v) is 7.34. The van der Waals surface area contributed by atoms with Gasteiger partial charge in [-0.3, -0.25) is 9.59 Å². The molecule has 2 aliphatic rings. The molecule has 178 valence electrons. The zero-order chi connectivity index (χ0) is 23.3. The maximum absolute atomic E-state index is 13.5. The number of fused-ring (bicyclic) bond motifs is 1. The van der Waals surface area contributed by atoms with E-state index in [0.717, 1.165) is 24.8 Å². The third-order valence-electron chi connectivity index (χ3n) is 7.34. The van der Waals surface area contributed by atoms with Crippen LogP contribution in [0.2, 0.25) is 0 Å². The van der Waals surface area contributed by atoms with Crippen LogP contribution in [0.15, 0.2) is 11.6 Å². The smallest absolute Gasteiger partial charge is 0.309 e. The summed E-state index contributed by atoms with van der Waals surface area (Å²) in [4.78, 5) is 26.3. The number of hydrogen-bond acceptors (Lipinski definition) is 6. The van der Waals surface area contributed by atoms with E-state index in [1.165, 1.54) is 0 Å². The maximum Gasteiger partial charge on any atom is 0.309 e. The molecule has 7 atom stereocenters. The first kappa shape index (κ1) is 26.0. The Kier molecular flexibility index (Phi) is 9.28. The largest absolute Gasteiger partial charge is 0.458 e. The van der Waals surface area contributed by atoms with E-state index < -0.39 is 11.5 Å². The van der Waals surface area contributed by atoms with Crippen LogP contribution in [-0.2, 0) is 28.5 Å². The van der Waals surface area contributed by atoms with E-state index in [4.69, 9.17) is 18.9 Å². The second-order valence-electron chi connectivity index (χ2n) is 9.87. The number of esters is 1. The predicted molar refractivity (Wildman–Crippen MR) is 120 cm³/mol.